The number of carbonyl (C=O) groups excluding carboxylic acids is 1. The second-order valence-corrected chi connectivity index (χ2v) is 7.70. The molecule has 0 aromatic heterocycles. The Morgan fingerprint density at radius 2 is 1.65 bits per heavy atom. The SMILES string of the molecule is Cc1ccc(S(=O)(=O)N2CCCC(=O)[C@@H]2c2ccccc2)cc1. The van der Waals surface area contributed by atoms with Crippen molar-refractivity contribution < 1.29 is 13.2 Å². The van der Waals surface area contributed by atoms with Gasteiger partial charge in [0.25, 0.3) is 0 Å². The van der Waals surface area contributed by atoms with E-state index in [-0.39, 0.29) is 10.7 Å². The van der Waals surface area contributed by atoms with E-state index in [1.807, 2.05) is 37.3 Å². The van der Waals surface area contributed by atoms with Crippen LogP contribution >= 0.6 is 0 Å². The van der Waals surface area contributed by atoms with E-state index in [1.165, 1.54) is 4.31 Å². The highest BCUT2D eigenvalue weighted by Gasteiger charge is 2.39. The van der Waals surface area contributed by atoms with Crippen LogP contribution in [0.2, 0.25) is 0 Å². The Hall–Kier alpha value is -1.98. The number of hydrogen-bond donors (Lipinski definition) is 0. The number of carbonyl (C=O) groups is 1. The van der Waals surface area contributed by atoms with Gasteiger partial charge in [0.2, 0.25) is 10.0 Å². The van der Waals surface area contributed by atoms with E-state index in [9.17, 15) is 13.2 Å². The quantitative estimate of drug-likeness (QED) is 0.869. The number of benzene rings is 2. The van der Waals surface area contributed by atoms with Gasteiger partial charge in [-0.15, -0.1) is 0 Å². The van der Waals surface area contributed by atoms with Gasteiger partial charge in [-0.25, -0.2) is 8.42 Å². The summed E-state index contributed by atoms with van der Waals surface area (Å²) >= 11 is 0. The molecule has 0 amide bonds. The van der Waals surface area contributed by atoms with Gasteiger partial charge < -0.3 is 0 Å². The van der Waals surface area contributed by atoms with E-state index in [4.69, 9.17) is 0 Å². The number of nitrogens with zero attached hydrogens (tertiary/aromatic N) is 1. The summed E-state index contributed by atoms with van der Waals surface area (Å²) in [5, 5.41) is 0. The highest BCUT2D eigenvalue weighted by molar-refractivity contribution is 7.89. The van der Waals surface area contributed by atoms with Crippen LogP contribution in [0.3, 0.4) is 0 Å². The average Bonchev–Trinajstić information content (AvgIpc) is 2.56. The summed E-state index contributed by atoms with van der Waals surface area (Å²) in [5.74, 6) is -0.0434. The van der Waals surface area contributed by atoms with Gasteiger partial charge in [-0.05, 0) is 31.0 Å². The smallest absolute Gasteiger partial charge is 0.244 e. The van der Waals surface area contributed by atoms with Crippen LogP contribution in [0.25, 0.3) is 0 Å². The van der Waals surface area contributed by atoms with E-state index in [0.717, 1.165) is 11.1 Å². The van der Waals surface area contributed by atoms with Crippen molar-refractivity contribution in [1.82, 2.24) is 4.31 Å². The molecule has 2 aromatic carbocycles. The highest BCUT2D eigenvalue weighted by atomic mass is 32.2. The topological polar surface area (TPSA) is 54.5 Å². The Labute approximate surface area is 136 Å². The van der Waals surface area contributed by atoms with Gasteiger partial charge in [-0.3, -0.25) is 4.79 Å². The summed E-state index contributed by atoms with van der Waals surface area (Å²) in [6.45, 7) is 2.27. The van der Waals surface area contributed by atoms with Crippen molar-refractivity contribution >= 4 is 15.8 Å². The third-order valence-electron chi connectivity index (χ3n) is 4.14. The Morgan fingerprint density at radius 3 is 2.30 bits per heavy atom. The zero-order chi connectivity index (χ0) is 16.4. The zero-order valence-corrected chi connectivity index (χ0v) is 13.8. The number of aryl methyl sites for hydroxylation is 1. The molecular weight excluding hydrogens is 310 g/mol. The molecule has 0 spiro atoms. The fourth-order valence-corrected chi connectivity index (χ4v) is 4.56. The minimum Gasteiger partial charge on any atom is -0.298 e. The fourth-order valence-electron chi connectivity index (χ4n) is 2.93. The molecule has 1 fully saturated rings. The number of hydrogen-bond acceptors (Lipinski definition) is 3. The van der Waals surface area contributed by atoms with Gasteiger partial charge >= 0.3 is 0 Å². The fraction of sp³-hybridized carbons (Fsp3) is 0.278. The van der Waals surface area contributed by atoms with E-state index in [1.54, 1.807) is 24.3 Å². The van der Waals surface area contributed by atoms with Crippen molar-refractivity contribution in [1.29, 1.82) is 0 Å². The summed E-state index contributed by atoms with van der Waals surface area (Å²) in [7, 11) is -3.70. The van der Waals surface area contributed by atoms with Crippen molar-refractivity contribution in [3.05, 3.63) is 65.7 Å². The van der Waals surface area contributed by atoms with Crippen LogP contribution in [0.1, 0.15) is 30.0 Å². The van der Waals surface area contributed by atoms with Crippen LogP contribution < -0.4 is 0 Å². The first kappa shape index (κ1) is 15.9. The van der Waals surface area contributed by atoms with Crippen LogP contribution in [0.15, 0.2) is 59.5 Å². The predicted octanol–water partition coefficient (Wildman–Crippen LogP) is 3.09. The third kappa shape index (κ3) is 3.07. The van der Waals surface area contributed by atoms with E-state index < -0.39 is 16.1 Å². The Balaban J connectivity index is 2.04. The van der Waals surface area contributed by atoms with Crippen molar-refractivity contribution in [2.24, 2.45) is 0 Å². The monoisotopic (exact) mass is 329 g/mol. The van der Waals surface area contributed by atoms with Gasteiger partial charge in [0, 0.05) is 13.0 Å². The summed E-state index contributed by atoms with van der Waals surface area (Å²) in [5.41, 5.74) is 1.73. The molecule has 4 nitrogen and oxygen atoms in total. The Kier molecular flexibility index (Phi) is 4.33. The largest absolute Gasteiger partial charge is 0.298 e. The molecule has 1 aliphatic rings. The first-order chi connectivity index (χ1) is 11.0. The highest BCUT2D eigenvalue weighted by Crippen LogP contribution is 2.33. The lowest BCUT2D eigenvalue weighted by molar-refractivity contribution is -0.124. The molecule has 23 heavy (non-hydrogen) atoms. The molecular formula is C18H19NO3S. The van der Waals surface area contributed by atoms with E-state index in [2.05, 4.69) is 0 Å². The van der Waals surface area contributed by atoms with Crippen LogP contribution in [-0.4, -0.2) is 25.1 Å². The number of piperidine rings is 1. The van der Waals surface area contributed by atoms with Crippen LogP contribution in [-0.2, 0) is 14.8 Å². The Bertz CT molecular complexity index is 798. The van der Waals surface area contributed by atoms with Gasteiger partial charge in [-0.1, -0.05) is 48.0 Å². The zero-order valence-electron chi connectivity index (χ0n) is 13.0. The summed E-state index contributed by atoms with van der Waals surface area (Å²) in [6.07, 6.45) is 0.979. The van der Waals surface area contributed by atoms with Gasteiger partial charge in [0.1, 0.15) is 6.04 Å². The summed E-state index contributed by atoms with van der Waals surface area (Å²) in [4.78, 5) is 12.7. The lowest BCUT2D eigenvalue weighted by atomic mass is 9.96. The Morgan fingerprint density at radius 1 is 1.00 bits per heavy atom. The van der Waals surface area contributed by atoms with Crippen molar-refractivity contribution in [3.63, 3.8) is 0 Å². The summed E-state index contributed by atoms with van der Waals surface area (Å²) < 4.78 is 27.3. The first-order valence-electron chi connectivity index (χ1n) is 7.66. The number of sulfonamides is 1. The molecule has 0 N–H and O–H groups in total. The number of Topliss-reactive ketones (excluding diaryl/α,β-unsaturated/α-hetero) is 1. The van der Waals surface area contributed by atoms with Crippen molar-refractivity contribution in [2.45, 2.75) is 30.7 Å². The normalized spacial score (nSPS) is 19.7. The van der Waals surface area contributed by atoms with Crippen LogP contribution in [0, 0.1) is 6.92 Å². The third-order valence-corrected chi connectivity index (χ3v) is 6.02. The molecule has 3 rings (SSSR count). The average molecular weight is 329 g/mol. The second kappa shape index (κ2) is 6.26. The molecule has 0 radical (unpaired) electrons. The van der Waals surface area contributed by atoms with Crippen LogP contribution in [0.5, 0.6) is 0 Å². The standard InChI is InChI=1S/C18H19NO3S/c1-14-9-11-16(12-10-14)23(21,22)19-13-5-8-17(20)18(19)15-6-3-2-4-7-15/h2-4,6-7,9-12,18H,5,8,13H2,1H3/t18-/m0/s1. The second-order valence-electron chi connectivity index (χ2n) is 5.81. The molecule has 5 heteroatoms. The molecule has 120 valence electrons. The van der Waals surface area contributed by atoms with Gasteiger partial charge in [0.15, 0.2) is 5.78 Å². The van der Waals surface area contributed by atoms with Gasteiger partial charge in [0.05, 0.1) is 4.90 Å². The lowest BCUT2D eigenvalue weighted by Crippen LogP contribution is -2.43. The van der Waals surface area contributed by atoms with Crippen molar-refractivity contribution in [2.75, 3.05) is 6.54 Å². The molecule has 0 bridgehead atoms. The molecule has 0 unspecified atom stereocenters. The minimum absolute atomic E-state index is 0.0434. The number of rotatable bonds is 3. The predicted molar refractivity (Wildman–Crippen MR) is 88.5 cm³/mol. The molecule has 2 aromatic rings. The van der Waals surface area contributed by atoms with E-state index in [0.29, 0.717) is 19.4 Å². The maximum Gasteiger partial charge on any atom is 0.244 e. The molecule has 0 saturated carbocycles. The first-order valence-corrected chi connectivity index (χ1v) is 9.10. The molecule has 1 aliphatic heterocycles. The number of ketones is 1. The molecule has 1 saturated heterocycles. The molecule has 1 heterocycles. The lowest BCUT2D eigenvalue weighted by Gasteiger charge is -2.33. The van der Waals surface area contributed by atoms with Gasteiger partial charge in [-0.2, -0.15) is 4.31 Å². The molecule has 1 atom stereocenters. The van der Waals surface area contributed by atoms with Crippen molar-refractivity contribution in [3.8, 4) is 0 Å². The molecule has 0 aliphatic carbocycles. The van der Waals surface area contributed by atoms with Crippen LogP contribution in [0.4, 0.5) is 0 Å². The maximum atomic E-state index is 13.0. The van der Waals surface area contributed by atoms with E-state index >= 15 is 0 Å². The summed E-state index contributed by atoms with van der Waals surface area (Å²) in [6, 6.07) is 15.2. The maximum absolute atomic E-state index is 13.0. The minimum atomic E-state index is -3.70.